The topological polar surface area (TPSA) is 26.3 Å². The average Bonchev–Trinajstić information content (AvgIpc) is 2.47. The molecule has 0 aliphatic carbocycles. The summed E-state index contributed by atoms with van der Waals surface area (Å²) in [6, 6.07) is 0. The van der Waals surface area contributed by atoms with Gasteiger partial charge < -0.3 is 4.74 Å². The average molecular weight is 349 g/mol. The third-order valence-electron chi connectivity index (χ3n) is 3.72. The fourth-order valence-corrected chi connectivity index (χ4v) is 3.55. The van der Waals surface area contributed by atoms with Crippen LogP contribution in [0.5, 0.6) is 0 Å². The molecule has 0 radical (unpaired) electrons. The van der Waals surface area contributed by atoms with Crippen molar-refractivity contribution in [2.45, 2.75) is 92.9 Å². The van der Waals surface area contributed by atoms with Crippen molar-refractivity contribution in [3.05, 3.63) is 0 Å². The molecule has 0 aromatic carbocycles. The van der Waals surface area contributed by atoms with Gasteiger partial charge in [-0.2, -0.15) is 0 Å². The predicted octanol–water partition coefficient (Wildman–Crippen LogP) is 6.21. The Bertz CT molecular complexity index is 218. The van der Waals surface area contributed by atoms with E-state index in [1.54, 1.807) is 0 Å². The molecule has 0 aromatic heterocycles. The molecule has 0 amide bonds. The van der Waals surface area contributed by atoms with Crippen LogP contribution in [0.15, 0.2) is 0 Å². The van der Waals surface area contributed by atoms with Crippen LogP contribution >= 0.6 is 0 Å². The molecule has 0 aromatic rings. The molecule has 0 unspecified atom stereocenters. The van der Waals surface area contributed by atoms with Gasteiger partial charge in [0.2, 0.25) is 0 Å². The van der Waals surface area contributed by atoms with Crippen LogP contribution in [0, 0.1) is 11.8 Å². The monoisotopic (exact) mass is 348 g/mol. The predicted molar refractivity (Wildman–Crippen MR) is 107 cm³/mol. The molecule has 0 fully saturated rings. The summed E-state index contributed by atoms with van der Waals surface area (Å²) in [5.74, 6) is 3.50. The molecule has 3 heteroatoms. The largest absolute Gasteiger partial charge is 0.382 e. The summed E-state index contributed by atoms with van der Waals surface area (Å²) in [5, 5.41) is 0. The zero-order valence-electron chi connectivity index (χ0n) is 16.9. The number of unbranched alkanes of at least 4 members (excludes halogenated alkanes) is 4. The van der Waals surface area contributed by atoms with Gasteiger partial charge in [-0.15, -0.1) is 0 Å². The van der Waals surface area contributed by atoms with Crippen LogP contribution in [0.3, 0.4) is 0 Å². The van der Waals surface area contributed by atoms with E-state index in [2.05, 4.69) is 27.7 Å². The van der Waals surface area contributed by atoms with E-state index in [-0.39, 0.29) is 0 Å². The highest BCUT2D eigenvalue weighted by Crippen LogP contribution is 2.10. The molecule has 0 rings (SSSR count). The summed E-state index contributed by atoms with van der Waals surface area (Å²) in [7, 11) is -0.548. The molecule has 0 saturated carbocycles. The van der Waals surface area contributed by atoms with Crippen molar-refractivity contribution in [1.82, 2.24) is 0 Å². The minimum absolute atomic E-state index is 0.548. The summed E-state index contributed by atoms with van der Waals surface area (Å²) in [6.07, 6.45) is 10.1. The van der Waals surface area contributed by atoms with E-state index >= 15 is 0 Å². The van der Waals surface area contributed by atoms with Gasteiger partial charge >= 0.3 is 0 Å². The van der Waals surface area contributed by atoms with Gasteiger partial charge in [-0.1, -0.05) is 66.2 Å². The molecule has 0 atom stereocenters. The molecule has 0 N–H and O–H groups in total. The van der Waals surface area contributed by atoms with Crippen molar-refractivity contribution in [1.29, 1.82) is 0 Å². The van der Waals surface area contributed by atoms with Gasteiger partial charge in [-0.25, -0.2) is 0 Å². The highest BCUT2D eigenvalue weighted by Gasteiger charge is 2.01. The maximum atomic E-state index is 11.7. The molecular formula is C20H44O2S. The molecular weight excluding hydrogens is 304 g/mol. The van der Waals surface area contributed by atoms with Gasteiger partial charge in [0.25, 0.3) is 0 Å². The lowest BCUT2D eigenvalue weighted by atomic mass is 10.1. The lowest BCUT2D eigenvalue weighted by Crippen LogP contribution is -2.03. The van der Waals surface area contributed by atoms with Crippen LogP contribution in [0.1, 0.15) is 92.9 Å². The maximum absolute atomic E-state index is 11.7. The first-order valence-corrected chi connectivity index (χ1v) is 11.3. The van der Waals surface area contributed by atoms with Crippen molar-refractivity contribution in [2.75, 3.05) is 24.7 Å². The zero-order chi connectivity index (χ0) is 17.9. The van der Waals surface area contributed by atoms with Crippen molar-refractivity contribution in [3.8, 4) is 0 Å². The standard InChI is InChI=1S/C16H34OS.C4H10O/c1-15(2)11-7-5-9-13-18(17)14-10-6-8-12-16(3)4;1-3-5-4-2/h15-16H,5-14H2,1-4H3;3-4H2,1-2H3. The summed E-state index contributed by atoms with van der Waals surface area (Å²) in [6.45, 7) is 14.8. The second-order valence-electron chi connectivity index (χ2n) is 7.12. The second-order valence-corrected chi connectivity index (χ2v) is 8.81. The zero-order valence-corrected chi connectivity index (χ0v) is 17.7. The fourth-order valence-electron chi connectivity index (χ4n) is 2.29. The Balaban J connectivity index is 0. The van der Waals surface area contributed by atoms with Crippen molar-refractivity contribution in [3.63, 3.8) is 0 Å². The van der Waals surface area contributed by atoms with E-state index in [9.17, 15) is 4.21 Å². The fraction of sp³-hybridized carbons (Fsp3) is 1.00. The molecule has 0 spiro atoms. The van der Waals surface area contributed by atoms with Crippen LogP contribution in [-0.2, 0) is 15.5 Å². The van der Waals surface area contributed by atoms with Gasteiger partial charge in [-0.3, -0.25) is 4.21 Å². The normalized spacial score (nSPS) is 11.2. The van der Waals surface area contributed by atoms with E-state index in [1.807, 2.05) is 13.8 Å². The summed E-state index contributed by atoms with van der Waals surface area (Å²) >= 11 is 0. The SMILES string of the molecule is CC(C)CCCCCS(=O)CCCCCC(C)C.CCOCC. The third-order valence-corrected chi connectivity index (χ3v) is 5.20. The molecule has 23 heavy (non-hydrogen) atoms. The number of hydrogen-bond donors (Lipinski definition) is 0. The first kappa shape index (κ1) is 25.4. The highest BCUT2D eigenvalue weighted by molar-refractivity contribution is 7.84. The van der Waals surface area contributed by atoms with Crippen LogP contribution < -0.4 is 0 Å². The van der Waals surface area contributed by atoms with E-state index in [1.165, 1.54) is 38.5 Å². The lowest BCUT2D eigenvalue weighted by molar-refractivity contribution is 0.162. The minimum atomic E-state index is -0.548. The van der Waals surface area contributed by atoms with E-state index < -0.39 is 10.8 Å². The first-order chi connectivity index (χ1) is 10.9. The summed E-state index contributed by atoms with van der Waals surface area (Å²) in [4.78, 5) is 0. The summed E-state index contributed by atoms with van der Waals surface area (Å²) < 4.78 is 16.6. The van der Waals surface area contributed by atoms with Crippen molar-refractivity contribution < 1.29 is 8.95 Å². The first-order valence-electron chi connectivity index (χ1n) is 9.86. The van der Waals surface area contributed by atoms with Crippen LogP contribution in [0.4, 0.5) is 0 Å². The minimum Gasteiger partial charge on any atom is -0.382 e. The van der Waals surface area contributed by atoms with Crippen molar-refractivity contribution in [2.24, 2.45) is 11.8 Å². The Hall–Kier alpha value is 0.110. The molecule has 0 heterocycles. The molecule has 0 bridgehead atoms. The van der Waals surface area contributed by atoms with Gasteiger partial charge in [-0.05, 0) is 38.5 Å². The Morgan fingerprint density at radius 1 is 0.696 bits per heavy atom. The van der Waals surface area contributed by atoms with Gasteiger partial charge in [0.1, 0.15) is 0 Å². The van der Waals surface area contributed by atoms with E-state index in [0.29, 0.717) is 0 Å². The molecule has 2 nitrogen and oxygen atoms in total. The van der Waals surface area contributed by atoms with Crippen LogP contribution in [0.2, 0.25) is 0 Å². The Morgan fingerprint density at radius 2 is 1.09 bits per heavy atom. The van der Waals surface area contributed by atoms with Gasteiger partial charge in [0.05, 0.1) is 0 Å². The van der Waals surface area contributed by atoms with E-state index in [0.717, 1.165) is 49.4 Å². The number of rotatable bonds is 14. The van der Waals surface area contributed by atoms with Gasteiger partial charge in [0, 0.05) is 35.5 Å². The second kappa shape index (κ2) is 20.2. The molecule has 142 valence electrons. The number of ether oxygens (including phenoxy) is 1. The van der Waals surface area contributed by atoms with Crippen LogP contribution in [-0.4, -0.2) is 28.9 Å². The van der Waals surface area contributed by atoms with Gasteiger partial charge in [0.15, 0.2) is 0 Å². The summed E-state index contributed by atoms with van der Waals surface area (Å²) in [5.41, 5.74) is 0. The Labute approximate surface area is 149 Å². The van der Waals surface area contributed by atoms with E-state index in [4.69, 9.17) is 4.74 Å². The molecule has 0 saturated heterocycles. The number of hydrogen-bond acceptors (Lipinski definition) is 2. The smallest absolute Gasteiger partial charge is 0.0437 e. The lowest BCUT2D eigenvalue weighted by Gasteiger charge is -2.06. The van der Waals surface area contributed by atoms with Crippen molar-refractivity contribution >= 4 is 10.8 Å². The Kier molecular flexibility index (Phi) is 22.2. The maximum Gasteiger partial charge on any atom is 0.0437 e. The molecule has 0 aliphatic heterocycles. The van der Waals surface area contributed by atoms with Crippen LogP contribution in [0.25, 0.3) is 0 Å². The Morgan fingerprint density at radius 3 is 1.35 bits per heavy atom. The highest BCUT2D eigenvalue weighted by atomic mass is 32.2. The molecule has 0 aliphatic rings. The third kappa shape index (κ3) is 27.3. The quantitative estimate of drug-likeness (QED) is 0.349.